The number of hydrogen-bond donors (Lipinski definition) is 8. The molecule has 24 nitrogen and oxygen atoms in total. The molecule has 5 aliphatic rings. The second kappa shape index (κ2) is 32.2. The van der Waals surface area contributed by atoms with Crippen molar-refractivity contribution in [3.05, 3.63) is 259 Å². The van der Waals surface area contributed by atoms with Crippen LogP contribution in [0.15, 0.2) is 213 Å². The first-order valence-electron chi connectivity index (χ1n) is 34.2. The molecule has 4 amide bonds. The van der Waals surface area contributed by atoms with Crippen molar-refractivity contribution in [3.63, 3.8) is 0 Å². The lowest BCUT2D eigenvalue weighted by Crippen LogP contribution is -2.72. The zero-order valence-corrected chi connectivity index (χ0v) is 62.1. The van der Waals surface area contributed by atoms with Crippen LogP contribution in [0.25, 0.3) is 0 Å². The number of amides is 4. The molecule has 4 aromatic rings. The number of ether oxygens (including phenoxy) is 4. The largest absolute Gasteiger partial charge is 0.489 e. The monoisotopic (exact) mass is 1420 g/mol. The van der Waals surface area contributed by atoms with E-state index in [1.54, 1.807) is 118 Å². The number of carbonyl (C=O) groups is 4. The van der Waals surface area contributed by atoms with Gasteiger partial charge in [-0.05, 0) is 137 Å². The van der Waals surface area contributed by atoms with Gasteiger partial charge in [0, 0.05) is 146 Å². The van der Waals surface area contributed by atoms with Crippen molar-refractivity contribution in [1.29, 1.82) is 0 Å². The number of aliphatic hydroxyl groups is 4. The predicted molar refractivity (Wildman–Crippen MR) is 390 cm³/mol. The minimum absolute atomic E-state index is 0.0632. The average Bonchev–Trinajstić information content (AvgIpc) is 0.763. The Balaban J connectivity index is 1.31. The number of aliphatic hydroxyl groups excluding tert-OH is 4. The maximum absolute atomic E-state index is 14.2. The van der Waals surface area contributed by atoms with Crippen molar-refractivity contribution in [1.82, 2.24) is 19.6 Å². The van der Waals surface area contributed by atoms with Crippen molar-refractivity contribution in [2.75, 3.05) is 54.6 Å². The van der Waals surface area contributed by atoms with E-state index in [0.717, 1.165) is 22.3 Å². The minimum Gasteiger partial charge on any atom is -0.489 e. The Bertz CT molecular complexity index is 3850. The van der Waals surface area contributed by atoms with Gasteiger partial charge in [0.25, 0.3) is 23.5 Å². The van der Waals surface area contributed by atoms with Gasteiger partial charge in [-0.1, -0.05) is 152 Å². The van der Waals surface area contributed by atoms with E-state index >= 15 is 0 Å². The van der Waals surface area contributed by atoms with Gasteiger partial charge in [0.15, 0.2) is 0 Å². The summed E-state index contributed by atoms with van der Waals surface area (Å²) < 4.78 is 27.5. The molecule has 4 aromatic carbocycles. The molecule has 0 fully saturated rings. The molecule has 8 N–H and O–H groups in total. The molecule has 0 spiro atoms. The van der Waals surface area contributed by atoms with Crippen LogP contribution in [-0.4, -0.2) is 118 Å². The Morgan fingerprint density at radius 2 is 0.471 bits per heavy atom. The van der Waals surface area contributed by atoms with E-state index in [1.807, 2.05) is 76.7 Å². The molecule has 24 heteroatoms. The summed E-state index contributed by atoms with van der Waals surface area (Å²) in [6.07, 6.45) is 27.3. The lowest BCUT2D eigenvalue weighted by atomic mass is 9.79. The number of carbonyl (C=O) groups excluding carboxylic acids is 4. The highest BCUT2D eigenvalue weighted by atomic mass is 16.5. The number of fused-ring (bicyclic) bond motifs is 8. The van der Waals surface area contributed by atoms with Crippen LogP contribution in [0.3, 0.4) is 0 Å². The highest BCUT2D eigenvalue weighted by molar-refractivity contribution is 5.70. The lowest BCUT2D eigenvalue weighted by molar-refractivity contribution is -0.450. The highest BCUT2D eigenvalue weighted by Gasteiger charge is 2.32. The first kappa shape index (κ1) is 76.6. The number of rotatable bonds is 16. The summed E-state index contributed by atoms with van der Waals surface area (Å²) in [7, 11) is 7.32. The van der Waals surface area contributed by atoms with Crippen LogP contribution in [0.1, 0.15) is 150 Å². The summed E-state index contributed by atoms with van der Waals surface area (Å²) in [6.45, 7) is 22.7. The van der Waals surface area contributed by atoms with Crippen LogP contribution < -0.4 is 39.4 Å². The number of nitrogens with one attached hydrogen (secondary N) is 4. The van der Waals surface area contributed by atoms with Crippen LogP contribution in [-0.2, 0) is 66.5 Å². The molecule has 0 radical (unpaired) electrons. The van der Waals surface area contributed by atoms with Gasteiger partial charge in [-0.3, -0.25) is 0 Å². The molecule has 8 bridgehead atoms. The molecule has 1 aliphatic carbocycles. The molecule has 9 rings (SSSR count). The van der Waals surface area contributed by atoms with Crippen LogP contribution in [0.5, 0.6) is 23.0 Å². The number of allylic oxidation sites excluding steroid dienone is 12. The maximum Gasteiger partial charge on any atom is 0.447 e. The molecule has 0 aromatic heterocycles. The second-order valence-electron chi connectivity index (χ2n) is 30.2. The molecule has 0 unspecified atom stereocenters. The van der Waals surface area contributed by atoms with Gasteiger partial charge in [0.2, 0.25) is 26.4 Å². The Morgan fingerprint density at radius 3 is 0.615 bits per heavy atom. The van der Waals surface area contributed by atoms with Crippen molar-refractivity contribution < 1.29 is 79.0 Å². The standard InChI is InChI=1S/C80H92N12O12/c1-77(2,3)61-37-53-33-55-39-62(78(4,5)6)41-57(70(55)102-46-66(94)82-86-74(98)50-19-27-90(14)28-20-50)35-59-43-64(80(10,11)12)44-60(72(59)104-48-68(96)84-88-76(100)52-23-31-92(16)32-24-52)36-58-42-63(79(7,8)9)40-56(71(58)103-47-67(95)83-87-75(99)51-21-29-91(15)30-22-51)34-54(38-61)69(53)101-45-65(93)81-85-73(97)49-17-25-89(13)26-18-49/h17-32,37-44,97-100H,33-36,45-48H2,1-16H3/p+4. The van der Waals surface area contributed by atoms with E-state index in [9.17, 15) is 39.6 Å². The Morgan fingerprint density at radius 1 is 0.317 bits per heavy atom. The summed E-state index contributed by atoms with van der Waals surface area (Å²) in [5.74, 6) is -3.25. The molecule has 0 atom stereocenters. The summed E-state index contributed by atoms with van der Waals surface area (Å²) in [5, 5.41) is 70.1. The molecular weight excluding hydrogens is 1320 g/mol. The van der Waals surface area contributed by atoms with Crippen molar-refractivity contribution >= 4 is 23.6 Å². The zero-order valence-electron chi connectivity index (χ0n) is 62.1. The summed E-state index contributed by atoms with van der Waals surface area (Å²) in [4.78, 5) is 64.0. The van der Waals surface area contributed by atoms with Gasteiger partial charge in [-0.25, -0.2) is 19.2 Å². The van der Waals surface area contributed by atoms with E-state index in [0.29, 0.717) is 89.8 Å². The molecule has 104 heavy (non-hydrogen) atoms. The Hall–Kier alpha value is -11.6. The van der Waals surface area contributed by atoms with Gasteiger partial charge in [-0.2, -0.15) is 0 Å². The van der Waals surface area contributed by atoms with Gasteiger partial charge >= 0.3 is 23.6 Å². The smallest absolute Gasteiger partial charge is 0.447 e. The Labute approximate surface area is 607 Å². The number of nitrogens with zero attached hydrogens (tertiary/aromatic N) is 8. The zero-order chi connectivity index (χ0) is 75.6. The molecular formula is C80H96N12O12+4. The van der Waals surface area contributed by atoms with Crippen molar-refractivity contribution in [2.45, 2.75) is 130 Å². The summed E-state index contributed by atoms with van der Waals surface area (Å²) >= 11 is 0. The molecule has 4 heterocycles. The fourth-order valence-electron chi connectivity index (χ4n) is 11.4. The first-order valence-corrected chi connectivity index (χ1v) is 34.2. The highest BCUT2D eigenvalue weighted by Crippen LogP contribution is 2.45. The van der Waals surface area contributed by atoms with Gasteiger partial charge in [0.05, 0.1) is 0 Å². The summed E-state index contributed by atoms with van der Waals surface area (Å²) in [6, 6.07) is 16.3. The minimum atomic E-state index is -0.695. The molecule has 0 saturated heterocycles. The normalized spacial score (nSPS) is 15.4. The third-order valence-corrected chi connectivity index (χ3v) is 17.4. The molecule has 4 aliphatic heterocycles. The topological polar surface area (TPSA) is 304 Å². The lowest BCUT2D eigenvalue weighted by Gasteiger charge is -2.29. The SMILES string of the molecule is CN1C=CC(=C(O)N=[NH+]C(=O)COc2c3cc(C(C)(C)C)cc2Cc2cc(C(C)(C)C)cc(c2OCC(=O)[NH+]=NC(O)=C2C=CN(C)C=C2)Cc2cc(C(C)(C)C)cc(c2OCC(=O)[NH+]=NC(O)=C2C=CN(C)C=C2)Cc2cc(C(C)(C)C)cc(c2OCC(=O)[NH+]=NC(O)=C2C=CN(C)C=C2)C3)C=C1. The van der Waals surface area contributed by atoms with Gasteiger partial charge < -0.3 is 59.0 Å². The van der Waals surface area contributed by atoms with Crippen LogP contribution >= 0.6 is 0 Å². The van der Waals surface area contributed by atoms with E-state index < -0.39 is 95.2 Å². The van der Waals surface area contributed by atoms with Crippen LogP contribution in [0.4, 0.5) is 0 Å². The Kier molecular flexibility index (Phi) is 23.7. The van der Waals surface area contributed by atoms with E-state index in [4.69, 9.17) is 18.9 Å². The predicted octanol–water partition coefficient (Wildman–Crippen LogP) is 8.28. The fraction of sp³-hybridized carbons (Fsp3) is 0.350. The average molecular weight is 1420 g/mol. The fourth-order valence-corrected chi connectivity index (χ4v) is 11.4. The third-order valence-electron chi connectivity index (χ3n) is 17.4. The second-order valence-corrected chi connectivity index (χ2v) is 30.2. The van der Waals surface area contributed by atoms with Gasteiger partial charge in [-0.15, -0.1) is 0 Å². The van der Waals surface area contributed by atoms with Gasteiger partial charge in [0.1, 0.15) is 23.0 Å². The van der Waals surface area contributed by atoms with E-state index in [2.05, 4.69) is 124 Å². The van der Waals surface area contributed by atoms with Crippen molar-refractivity contribution in [2.24, 2.45) is 20.5 Å². The third kappa shape index (κ3) is 20.4. The number of benzene rings is 4. The molecule has 544 valence electrons. The van der Waals surface area contributed by atoms with Crippen LogP contribution in [0.2, 0.25) is 0 Å². The van der Waals surface area contributed by atoms with E-state index in [-0.39, 0.29) is 25.7 Å². The maximum atomic E-state index is 14.2. The van der Waals surface area contributed by atoms with Crippen LogP contribution in [0, 0.1) is 0 Å². The first-order chi connectivity index (χ1) is 48.9. The van der Waals surface area contributed by atoms with Crippen molar-refractivity contribution in [3.8, 4) is 23.0 Å². The number of hydrogen-bond acceptors (Lipinski definition) is 20. The molecule has 0 saturated carbocycles. The quantitative estimate of drug-likeness (QED) is 0.0340. The number of azo groups is 4. The van der Waals surface area contributed by atoms with E-state index in [1.165, 1.54) is 0 Å². The summed E-state index contributed by atoms with van der Waals surface area (Å²) in [5.41, 5.74) is 7.74.